The predicted molar refractivity (Wildman–Crippen MR) is 86.1 cm³/mol. The van der Waals surface area contributed by atoms with Crippen LogP contribution >= 0.6 is 0 Å². The van der Waals surface area contributed by atoms with Gasteiger partial charge < -0.3 is 15.4 Å². The van der Waals surface area contributed by atoms with Gasteiger partial charge in [0, 0.05) is 25.0 Å². The van der Waals surface area contributed by atoms with Crippen molar-refractivity contribution < 1.29 is 13.9 Å². The first kappa shape index (κ1) is 15.4. The zero-order valence-corrected chi connectivity index (χ0v) is 12.6. The van der Waals surface area contributed by atoms with E-state index in [0.717, 1.165) is 19.4 Å². The summed E-state index contributed by atoms with van der Waals surface area (Å²) in [7, 11) is 0. The molecule has 2 heterocycles. The maximum absolute atomic E-state index is 14.1. The second-order valence-corrected chi connectivity index (χ2v) is 5.38. The number of carbonyl (C=O) groups excluding carboxylic acids is 1. The Morgan fingerprint density at radius 2 is 2.26 bits per heavy atom. The molecule has 1 aromatic carbocycles. The summed E-state index contributed by atoms with van der Waals surface area (Å²) in [5.41, 5.74) is 1.07. The van der Waals surface area contributed by atoms with E-state index in [0.29, 0.717) is 17.9 Å². The van der Waals surface area contributed by atoms with Crippen molar-refractivity contribution >= 4 is 17.3 Å². The van der Waals surface area contributed by atoms with E-state index in [9.17, 15) is 9.18 Å². The quantitative estimate of drug-likeness (QED) is 0.890. The van der Waals surface area contributed by atoms with Crippen LogP contribution in [-0.2, 0) is 4.74 Å². The number of benzene rings is 1. The minimum absolute atomic E-state index is 0.137. The van der Waals surface area contributed by atoms with Crippen molar-refractivity contribution in [3.8, 4) is 0 Å². The van der Waals surface area contributed by atoms with Gasteiger partial charge in [-0.05, 0) is 43.2 Å². The van der Waals surface area contributed by atoms with Gasteiger partial charge >= 0.3 is 0 Å². The number of ether oxygens (including phenoxy) is 1. The van der Waals surface area contributed by atoms with E-state index in [1.165, 1.54) is 12.3 Å². The van der Waals surface area contributed by atoms with Gasteiger partial charge in [-0.3, -0.25) is 9.78 Å². The highest BCUT2D eigenvalue weighted by molar-refractivity contribution is 6.02. The molecule has 0 radical (unpaired) electrons. The van der Waals surface area contributed by atoms with E-state index < -0.39 is 5.82 Å². The van der Waals surface area contributed by atoms with Crippen LogP contribution in [0.2, 0.25) is 0 Å². The highest BCUT2D eigenvalue weighted by Crippen LogP contribution is 2.20. The van der Waals surface area contributed by atoms with E-state index in [-0.39, 0.29) is 17.7 Å². The largest absolute Gasteiger partial charge is 0.380 e. The number of amides is 1. The number of nitrogens with zero attached hydrogens (tertiary/aromatic N) is 1. The zero-order chi connectivity index (χ0) is 16.1. The number of anilines is 2. The fraction of sp³-hybridized carbons (Fsp3) is 0.294. The topological polar surface area (TPSA) is 63.2 Å². The van der Waals surface area contributed by atoms with Gasteiger partial charge in [0.1, 0.15) is 11.5 Å². The number of aromatic nitrogens is 1. The number of hydrogen-bond donors (Lipinski definition) is 2. The number of nitrogens with one attached hydrogen (secondary N) is 2. The van der Waals surface area contributed by atoms with Crippen LogP contribution in [0.25, 0.3) is 0 Å². The Morgan fingerprint density at radius 1 is 1.35 bits per heavy atom. The predicted octanol–water partition coefficient (Wildman–Crippen LogP) is 3.06. The van der Waals surface area contributed by atoms with E-state index in [2.05, 4.69) is 15.6 Å². The summed E-state index contributed by atoms with van der Waals surface area (Å²) in [6.07, 6.45) is 3.71. The van der Waals surface area contributed by atoms with Gasteiger partial charge in [0.25, 0.3) is 5.91 Å². The first-order valence-electron chi connectivity index (χ1n) is 7.60. The Kier molecular flexibility index (Phi) is 4.83. The average Bonchev–Trinajstić information content (AvgIpc) is 3.08. The van der Waals surface area contributed by atoms with Crippen LogP contribution in [-0.4, -0.2) is 30.1 Å². The molecule has 0 spiro atoms. The molecule has 0 aliphatic carbocycles. The van der Waals surface area contributed by atoms with E-state index >= 15 is 0 Å². The van der Waals surface area contributed by atoms with Crippen molar-refractivity contribution in [2.45, 2.75) is 18.9 Å². The second kappa shape index (κ2) is 7.19. The summed E-state index contributed by atoms with van der Waals surface area (Å²) in [5.74, 6) is -0.785. The van der Waals surface area contributed by atoms with Gasteiger partial charge in [0.2, 0.25) is 0 Å². The van der Waals surface area contributed by atoms with Crippen LogP contribution in [0, 0.1) is 5.82 Å². The van der Waals surface area contributed by atoms with E-state index in [4.69, 9.17) is 4.74 Å². The lowest BCUT2D eigenvalue weighted by atomic mass is 10.2. The second-order valence-electron chi connectivity index (χ2n) is 5.38. The average molecular weight is 315 g/mol. The smallest absolute Gasteiger partial charge is 0.274 e. The Hall–Kier alpha value is -2.47. The van der Waals surface area contributed by atoms with Crippen molar-refractivity contribution in [2.75, 3.05) is 23.8 Å². The van der Waals surface area contributed by atoms with Crippen molar-refractivity contribution in [2.24, 2.45) is 0 Å². The molecule has 3 rings (SSSR count). The normalized spacial score (nSPS) is 17.0. The molecule has 2 aromatic rings. The third-order valence-electron chi connectivity index (χ3n) is 3.67. The first-order valence-corrected chi connectivity index (χ1v) is 7.60. The van der Waals surface area contributed by atoms with Gasteiger partial charge in [-0.1, -0.05) is 6.07 Å². The zero-order valence-electron chi connectivity index (χ0n) is 12.6. The summed E-state index contributed by atoms with van der Waals surface area (Å²) in [6, 6.07) is 9.60. The number of rotatable bonds is 5. The summed E-state index contributed by atoms with van der Waals surface area (Å²) < 4.78 is 19.6. The SMILES string of the molecule is O=C(Nc1ccc(NCC2CCCO2)c(F)c1)c1ccccn1. The van der Waals surface area contributed by atoms with Crippen LogP contribution in [0.15, 0.2) is 42.6 Å². The Labute approximate surface area is 133 Å². The van der Waals surface area contributed by atoms with Gasteiger partial charge in [-0.15, -0.1) is 0 Å². The molecule has 23 heavy (non-hydrogen) atoms. The van der Waals surface area contributed by atoms with Crippen molar-refractivity contribution in [3.05, 3.63) is 54.1 Å². The molecular weight excluding hydrogens is 297 g/mol. The molecule has 1 atom stereocenters. The number of carbonyl (C=O) groups is 1. The molecule has 5 nitrogen and oxygen atoms in total. The summed E-state index contributed by atoms with van der Waals surface area (Å²) in [6.45, 7) is 1.35. The molecule has 1 aliphatic rings. The standard InChI is InChI=1S/C17H18FN3O2/c18-14-10-12(21-17(22)16-5-1-2-8-19-16)6-7-15(14)20-11-13-4-3-9-23-13/h1-2,5-8,10,13,20H,3-4,9,11H2,(H,21,22). The minimum Gasteiger partial charge on any atom is -0.380 e. The fourth-order valence-electron chi connectivity index (χ4n) is 2.46. The highest BCUT2D eigenvalue weighted by atomic mass is 19.1. The van der Waals surface area contributed by atoms with Crippen LogP contribution in [0.5, 0.6) is 0 Å². The molecular formula is C17H18FN3O2. The van der Waals surface area contributed by atoms with Gasteiger partial charge in [0.15, 0.2) is 0 Å². The van der Waals surface area contributed by atoms with Crippen LogP contribution < -0.4 is 10.6 Å². The molecule has 1 saturated heterocycles. The van der Waals surface area contributed by atoms with Crippen LogP contribution in [0.1, 0.15) is 23.3 Å². The molecule has 120 valence electrons. The Balaban J connectivity index is 1.61. The number of pyridine rings is 1. The third kappa shape index (κ3) is 4.04. The maximum atomic E-state index is 14.1. The lowest BCUT2D eigenvalue weighted by molar-refractivity contribution is 0.102. The summed E-state index contributed by atoms with van der Waals surface area (Å²) in [4.78, 5) is 15.9. The molecule has 1 aliphatic heterocycles. The number of halogens is 1. The Morgan fingerprint density at radius 3 is 2.96 bits per heavy atom. The van der Waals surface area contributed by atoms with E-state index in [1.807, 2.05) is 0 Å². The number of hydrogen-bond acceptors (Lipinski definition) is 4. The minimum atomic E-state index is -0.415. The lowest BCUT2D eigenvalue weighted by Crippen LogP contribution is -2.19. The molecule has 2 N–H and O–H groups in total. The highest BCUT2D eigenvalue weighted by Gasteiger charge is 2.16. The third-order valence-corrected chi connectivity index (χ3v) is 3.67. The van der Waals surface area contributed by atoms with Gasteiger partial charge in [-0.2, -0.15) is 0 Å². The van der Waals surface area contributed by atoms with Crippen LogP contribution in [0.4, 0.5) is 15.8 Å². The molecule has 1 aromatic heterocycles. The van der Waals surface area contributed by atoms with Gasteiger partial charge in [-0.25, -0.2) is 4.39 Å². The first-order chi connectivity index (χ1) is 11.2. The fourth-order valence-corrected chi connectivity index (χ4v) is 2.46. The molecule has 1 amide bonds. The molecule has 1 fully saturated rings. The van der Waals surface area contributed by atoms with Crippen LogP contribution in [0.3, 0.4) is 0 Å². The van der Waals surface area contributed by atoms with Crippen molar-refractivity contribution in [1.82, 2.24) is 4.98 Å². The summed E-state index contributed by atoms with van der Waals surface area (Å²) in [5, 5.41) is 5.67. The molecule has 1 unspecified atom stereocenters. The molecule has 0 saturated carbocycles. The Bertz CT molecular complexity index is 673. The monoisotopic (exact) mass is 315 g/mol. The summed E-state index contributed by atoms with van der Waals surface area (Å²) >= 11 is 0. The van der Waals surface area contributed by atoms with Crippen molar-refractivity contribution in [1.29, 1.82) is 0 Å². The molecule has 0 bridgehead atoms. The maximum Gasteiger partial charge on any atom is 0.274 e. The molecule has 6 heteroatoms. The lowest BCUT2D eigenvalue weighted by Gasteiger charge is -2.13. The van der Waals surface area contributed by atoms with E-state index in [1.54, 1.807) is 30.3 Å². The van der Waals surface area contributed by atoms with Gasteiger partial charge in [0.05, 0.1) is 11.8 Å². The van der Waals surface area contributed by atoms with Crippen molar-refractivity contribution in [3.63, 3.8) is 0 Å².